The average molecular weight is 342 g/mol. The van der Waals surface area contributed by atoms with E-state index in [1.54, 1.807) is 12.1 Å². The van der Waals surface area contributed by atoms with Crippen LogP contribution in [0.4, 0.5) is 0 Å². The van der Waals surface area contributed by atoms with Crippen LogP contribution >= 0.6 is 0 Å². The molecule has 1 saturated heterocycles. The van der Waals surface area contributed by atoms with E-state index in [1.165, 1.54) is 16.4 Å². The Morgan fingerprint density at radius 1 is 1.08 bits per heavy atom. The molecular formula is C18H18N2O3S. The summed E-state index contributed by atoms with van der Waals surface area (Å²) in [5.74, 6) is 0. The largest absolute Gasteiger partial charge is 0.368 e. The molecule has 5 nitrogen and oxygen atoms in total. The molecule has 3 rings (SSSR count). The maximum Gasteiger partial charge on any atom is 0.244 e. The van der Waals surface area contributed by atoms with Crippen molar-refractivity contribution in [2.75, 3.05) is 13.1 Å². The molecule has 0 bridgehead atoms. The number of hydrogen-bond donors (Lipinski definition) is 0. The molecule has 0 aliphatic carbocycles. The molecule has 1 aliphatic heterocycles. The van der Waals surface area contributed by atoms with Gasteiger partial charge in [-0.1, -0.05) is 42.5 Å². The second-order valence-corrected chi connectivity index (χ2v) is 7.68. The molecule has 1 aliphatic rings. The molecule has 24 heavy (non-hydrogen) atoms. The number of rotatable bonds is 3. The normalized spacial score (nSPS) is 22.0. The first-order valence-electron chi connectivity index (χ1n) is 7.72. The Hall–Kier alpha value is -2.20. The van der Waals surface area contributed by atoms with E-state index in [4.69, 9.17) is 4.74 Å². The van der Waals surface area contributed by atoms with Gasteiger partial charge >= 0.3 is 0 Å². The molecule has 2 unspecified atom stereocenters. The number of sulfonamides is 1. The van der Waals surface area contributed by atoms with Crippen molar-refractivity contribution in [3.05, 3.63) is 65.7 Å². The Bertz CT molecular complexity index is 859. The Labute approximate surface area is 142 Å². The Kier molecular flexibility index (Phi) is 4.67. The molecule has 0 aromatic heterocycles. The summed E-state index contributed by atoms with van der Waals surface area (Å²) < 4.78 is 33.3. The molecule has 0 spiro atoms. The zero-order chi connectivity index (χ0) is 17.2. The van der Waals surface area contributed by atoms with Gasteiger partial charge < -0.3 is 4.74 Å². The summed E-state index contributed by atoms with van der Waals surface area (Å²) in [5.41, 5.74) is 1.10. The summed E-state index contributed by atoms with van der Waals surface area (Å²) in [7, 11) is -3.75. The molecule has 0 saturated carbocycles. The number of nitrogens with zero attached hydrogens (tertiary/aromatic N) is 2. The monoisotopic (exact) mass is 342 g/mol. The second-order valence-electron chi connectivity index (χ2n) is 5.78. The zero-order valence-corrected chi connectivity index (χ0v) is 14.1. The molecule has 0 radical (unpaired) electrons. The topological polar surface area (TPSA) is 70.4 Å². The average Bonchev–Trinajstić information content (AvgIpc) is 2.62. The maximum absolute atomic E-state index is 13.0. The summed E-state index contributed by atoms with van der Waals surface area (Å²) in [4.78, 5) is 0.0495. The van der Waals surface area contributed by atoms with E-state index in [2.05, 4.69) is 0 Å². The van der Waals surface area contributed by atoms with Crippen LogP contribution in [0, 0.1) is 11.3 Å². The maximum atomic E-state index is 13.0. The third-order valence-electron chi connectivity index (χ3n) is 4.02. The van der Waals surface area contributed by atoms with Gasteiger partial charge in [0.15, 0.2) is 0 Å². The molecule has 6 heteroatoms. The van der Waals surface area contributed by atoms with Crippen molar-refractivity contribution in [2.24, 2.45) is 0 Å². The molecule has 0 amide bonds. The molecule has 1 heterocycles. The Balaban J connectivity index is 1.94. The predicted molar refractivity (Wildman–Crippen MR) is 89.6 cm³/mol. The van der Waals surface area contributed by atoms with Gasteiger partial charge in [0.2, 0.25) is 10.0 Å². The number of ether oxygens (including phenoxy) is 1. The molecule has 2 aromatic rings. The predicted octanol–water partition coefficient (Wildman–Crippen LogP) is 2.71. The number of benzene rings is 2. The number of hydrogen-bond acceptors (Lipinski definition) is 4. The van der Waals surface area contributed by atoms with Crippen LogP contribution in [0.1, 0.15) is 24.2 Å². The standard InChI is InChI=1S/C18H18N2O3S/c1-14-12-20(13-17(23-14)15-7-3-2-4-8-15)24(21,22)18-10-6-5-9-16(18)11-19/h2-10,14,17H,12-13H2,1H3. The van der Waals surface area contributed by atoms with E-state index in [0.717, 1.165) is 5.56 Å². The Morgan fingerprint density at radius 3 is 2.46 bits per heavy atom. The van der Waals surface area contributed by atoms with Crippen molar-refractivity contribution >= 4 is 10.0 Å². The van der Waals surface area contributed by atoms with Crippen molar-refractivity contribution in [1.29, 1.82) is 5.26 Å². The van der Waals surface area contributed by atoms with Crippen LogP contribution in [0.25, 0.3) is 0 Å². The van der Waals surface area contributed by atoms with E-state index in [0.29, 0.717) is 0 Å². The second kappa shape index (κ2) is 6.73. The van der Waals surface area contributed by atoms with Gasteiger partial charge in [0.25, 0.3) is 0 Å². The molecule has 124 valence electrons. The molecule has 0 N–H and O–H groups in total. The lowest BCUT2D eigenvalue weighted by Gasteiger charge is -2.36. The minimum Gasteiger partial charge on any atom is -0.368 e. The molecule has 1 fully saturated rings. The SMILES string of the molecule is CC1CN(S(=O)(=O)c2ccccc2C#N)CC(c2ccccc2)O1. The number of morpholine rings is 1. The van der Waals surface area contributed by atoms with E-state index >= 15 is 0 Å². The third kappa shape index (κ3) is 3.20. The van der Waals surface area contributed by atoms with E-state index in [9.17, 15) is 13.7 Å². The molecule has 2 aromatic carbocycles. The first-order valence-corrected chi connectivity index (χ1v) is 9.16. The fourth-order valence-electron chi connectivity index (χ4n) is 2.88. The van der Waals surface area contributed by atoms with Crippen molar-refractivity contribution in [2.45, 2.75) is 24.0 Å². The minimum absolute atomic E-state index is 0.0495. The van der Waals surface area contributed by atoms with Crippen LogP contribution in [0.2, 0.25) is 0 Å². The van der Waals surface area contributed by atoms with E-state index in [1.807, 2.05) is 43.3 Å². The van der Waals surface area contributed by atoms with Gasteiger partial charge in [-0.3, -0.25) is 0 Å². The third-order valence-corrected chi connectivity index (χ3v) is 5.91. The van der Waals surface area contributed by atoms with Gasteiger partial charge in [0, 0.05) is 13.1 Å². The Morgan fingerprint density at radius 2 is 1.75 bits per heavy atom. The summed E-state index contributed by atoms with van der Waals surface area (Å²) in [6.07, 6.45) is -0.549. The first-order chi connectivity index (χ1) is 11.5. The highest BCUT2D eigenvalue weighted by Gasteiger charge is 2.35. The fraction of sp³-hybridized carbons (Fsp3) is 0.278. The highest BCUT2D eigenvalue weighted by atomic mass is 32.2. The highest BCUT2D eigenvalue weighted by Crippen LogP contribution is 2.29. The fourth-order valence-corrected chi connectivity index (χ4v) is 4.54. The highest BCUT2D eigenvalue weighted by molar-refractivity contribution is 7.89. The van der Waals surface area contributed by atoms with Gasteiger partial charge in [0.1, 0.15) is 6.07 Å². The smallest absolute Gasteiger partial charge is 0.244 e. The lowest BCUT2D eigenvalue weighted by Crippen LogP contribution is -2.46. The van der Waals surface area contributed by atoms with Crippen LogP contribution < -0.4 is 0 Å². The number of nitriles is 1. The van der Waals surface area contributed by atoms with Crippen LogP contribution in [-0.2, 0) is 14.8 Å². The van der Waals surface area contributed by atoms with Crippen LogP contribution in [0.3, 0.4) is 0 Å². The first kappa shape index (κ1) is 16.7. The van der Waals surface area contributed by atoms with Gasteiger partial charge in [-0.15, -0.1) is 0 Å². The van der Waals surface area contributed by atoms with Crippen molar-refractivity contribution < 1.29 is 13.2 Å². The lowest BCUT2D eigenvalue weighted by atomic mass is 10.1. The summed E-state index contributed by atoms with van der Waals surface area (Å²) in [6, 6.07) is 17.8. The minimum atomic E-state index is -3.75. The quantitative estimate of drug-likeness (QED) is 0.860. The zero-order valence-electron chi connectivity index (χ0n) is 13.3. The summed E-state index contributed by atoms with van der Waals surface area (Å²) >= 11 is 0. The van der Waals surface area contributed by atoms with Gasteiger partial charge in [-0.05, 0) is 24.6 Å². The van der Waals surface area contributed by atoms with Crippen molar-refractivity contribution in [1.82, 2.24) is 4.31 Å². The summed E-state index contributed by atoms with van der Waals surface area (Å²) in [6.45, 7) is 2.36. The molecular weight excluding hydrogens is 324 g/mol. The van der Waals surface area contributed by atoms with Crippen molar-refractivity contribution in [3.8, 4) is 6.07 Å². The van der Waals surface area contributed by atoms with Crippen LogP contribution in [-0.4, -0.2) is 31.9 Å². The van der Waals surface area contributed by atoms with E-state index < -0.39 is 10.0 Å². The van der Waals surface area contributed by atoms with Gasteiger partial charge in [-0.25, -0.2) is 8.42 Å². The lowest BCUT2D eigenvalue weighted by molar-refractivity contribution is -0.0557. The van der Waals surface area contributed by atoms with Gasteiger partial charge in [-0.2, -0.15) is 9.57 Å². The summed E-state index contributed by atoms with van der Waals surface area (Å²) in [5, 5.41) is 9.20. The van der Waals surface area contributed by atoms with Crippen LogP contribution in [0.5, 0.6) is 0 Å². The van der Waals surface area contributed by atoms with Crippen molar-refractivity contribution in [3.63, 3.8) is 0 Å². The molecule has 2 atom stereocenters. The van der Waals surface area contributed by atoms with Gasteiger partial charge in [0.05, 0.1) is 22.7 Å². The van der Waals surface area contributed by atoms with E-state index in [-0.39, 0.29) is 35.8 Å². The van der Waals surface area contributed by atoms with Crippen LogP contribution in [0.15, 0.2) is 59.5 Å².